The van der Waals surface area contributed by atoms with Gasteiger partial charge in [0.05, 0.1) is 18.5 Å². The van der Waals surface area contributed by atoms with E-state index in [0.29, 0.717) is 0 Å². The van der Waals surface area contributed by atoms with Crippen LogP contribution >= 0.6 is 0 Å². The van der Waals surface area contributed by atoms with Crippen molar-refractivity contribution in [3.63, 3.8) is 0 Å². The molecule has 0 aliphatic heterocycles. The van der Waals surface area contributed by atoms with Gasteiger partial charge in [-0.2, -0.15) is 0 Å². The van der Waals surface area contributed by atoms with E-state index < -0.39 is 11.4 Å². The van der Waals surface area contributed by atoms with Crippen LogP contribution in [0.25, 0.3) is 0 Å². The normalized spacial score (nSPS) is 11.4. The van der Waals surface area contributed by atoms with E-state index in [-0.39, 0.29) is 0 Å². The molecule has 0 aliphatic carbocycles. The number of methoxy groups -OCH3 is 1. The molecule has 2 rings (SSSR count). The Morgan fingerprint density at radius 1 is 1.16 bits per heavy atom. The van der Waals surface area contributed by atoms with E-state index in [2.05, 4.69) is 47.1 Å². The molecular weight excluding hydrogens is 342 g/mol. The number of anilines is 1. The van der Waals surface area contributed by atoms with E-state index in [0.717, 1.165) is 31.2 Å². The molecule has 1 atom stereocenters. The van der Waals surface area contributed by atoms with Crippen LogP contribution < -0.4 is 9.64 Å². The number of hydrogen-bond donors (Lipinski definition) is 1. The first-order valence-electron chi connectivity index (χ1n) is 7.64. The summed E-state index contributed by atoms with van der Waals surface area (Å²) in [5.41, 5.74) is 1.25. The second-order valence-electron chi connectivity index (χ2n) is 5.48. The molecule has 1 N–H and O–H groups in total. The molecule has 0 aliphatic rings. The fourth-order valence-electron chi connectivity index (χ4n) is 2.09. The van der Waals surface area contributed by atoms with E-state index in [4.69, 9.17) is 18.1 Å². The molecule has 0 amide bonds. The second kappa shape index (κ2) is 11.5. The maximum Gasteiger partial charge on any atom is 0.128 e. The van der Waals surface area contributed by atoms with Crippen LogP contribution in [-0.2, 0) is 17.9 Å². The molecule has 0 spiro atoms. The standard InChI is InChI=1S/C17H23N3O.H2O3S/c1-19(2)12-13-20(17-6-4-5-11-18-17)14-15-7-9-16(21-3)10-8-15;1-4(2)3/h4-11H,12-14H2,1-3H3;(H2,1,2,3)/p-1. The van der Waals surface area contributed by atoms with Gasteiger partial charge in [0.1, 0.15) is 11.6 Å². The van der Waals surface area contributed by atoms with E-state index in [1.165, 1.54) is 5.56 Å². The van der Waals surface area contributed by atoms with Gasteiger partial charge in [-0.1, -0.05) is 18.2 Å². The van der Waals surface area contributed by atoms with Crippen molar-refractivity contribution < 1.29 is 18.1 Å². The van der Waals surface area contributed by atoms with Crippen molar-refractivity contribution in [3.8, 4) is 5.75 Å². The van der Waals surface area contributed by atoms with Crippen LogP contribution in [-0.4, -0.2) is 57.5 Å². The highest BCUT2D eigenvalue weighted by atomic mass is 32.2. The van der Waals surface area contributed by atoms with Crippen LogP contribution in [0.15, 0.2) is 48.7 Å². The maximum absolute atomic E-state index is 8.56. The molecule has 0 saturated heterocycles. The fourth-order valence-corrected chi connectivity index (χ4v) is 2.09. The van der Waals surface area contributed by atoms with E-state index in [1.54, 1.807) is 7.11 Å². The van der Waals surface area contributed by atoms with Crippen LogP contribution in [0.4, 0.5) is 5.82 Å². The number of ether oxygens (including phenoxy) is 1. The maximum atomic E-state index is 8.56. The number of benzene rings is 1. The van der Waals surface area contributed by atoms with Gasteiger partial charge in [0.2, 0.25) is 0 Å². The first-order chi connectivity index (χ1) is 11.9. The Morgan fingerprint density at radius 2 is 1.80 bits per heavy atom. The molecular formula is C17H24N3O4S-. The van der Waals surface area contributed by atoms with Gasteiger partial charge in [-0.3, -0.25) is 0 Å². The summed E-state index contributed by atoms with van der Waals surface area (Å²) in [5.74, 6) is 1.89. The third-order valence-corrected chi connectivity index (χ3v) is 3.32. The average Bonchev–Trinajstić information content (AvgIpc) is 2.59. The Morgan fingerprint density at radius 3 is 2.28 bits per heavy atom. The molecule has 0 fully saturated rings. The van der Waals surface area contributed by atoms with Crippen molar-refractivity contribution >= 4 is 17.2 Å². The zero-order valence-corrected chi connectivity index (χ0v) is 15.5. The summed E-state index contributed by atoms with van der Waals surface area (Å²) < 4.78 is 29.3. The Hall–Kier alpha value is -2.00. The van der Waals surface area contributed by atoms with Gasteiger partial charge in [-0.05, 0) is 43.9 Å². The molecule has 0 radical (unpaired) electrons. The molecule has 1 heterocycles. The quantitative estimate of drug-likeness (QED) is 0.750. The first-order valence-corrected chi connectivity index (χ1v) is 8.67. The highest BCUT2D eigenvalue weighted by Crippen LogP contribution is 2.16. The highest BCUT2D eigenvalue weighted by molar-refractivity contribution is 7.73. The summed E-state index contributed by atoms with van der Waals surface area (Å²) in [5, 5.41) is 0. The van der Waals surface area contributed by atoms with Gasteiger partial charge in [0.15, 0.2) is 0 Å². The van der Waals surface area contributed by atoms with Crippen LogP contribution in [0.1, 0.15) is 5.56 Å². The van der Waals surface area contributed by atoms with Crippen molar-refractivity contribution in [1.82, 2.24) is 9.88 Å². The molecule has 0 saturated carbocycles. The Balaban J connectivity index is 0.000000705. The minimum atomic E-state index is -2.86. The number of likely N-dealkylation sites (N-methyl/N-ethyl adjacent to an activating group) is 1. The van der Waals surface area contributed by atoms with Gasteiger partial charge in [0, 0.05) is 25.8 Å². The van der Waals surface area contributed by atoms with Gasteiger partial charge >= 0.3 is 0 Å². The highest BCUT2D eigenvalue weighted by Gasteiger charge is 2.09. The zero-order valence-electron chi connectivity index (χ0n) is 14.7. The second-order valence-corrected chi connectivity index (χ2v) is 5.91. The van der Waals surface area contributed by atoms with Crippen LogP contribution in [0.5, 0.6) is 5.75 Å². The van der Waals surface area contributed by atoms with Crippen molar-refractivity contribution in [3.05, 3.63) is 54.2 Å². The molecule has 0 bridgehead atoms. The number of pyridine rings is 1. The minimum Gasteiger partial charge on any atom is -0.750 e. The van der Waals surface area contributed by atoms with Crippen LogP contribution in [0.2, 0.25) is 0 Å². The largest absolute Gasteiger partial charge is 0.750 e. The molecule has 7 nitrogen and oxygen atoms in total. The monoisotopic (exact) mass is 366 g/mol. The summed E-state index contributed by atoms with van der Waals surface area (Å²) >= 11 is -2.86. The van der Waals surface area contributed by atoms with Gasteiger partial charge in [-0.25, -0.2) is 9.19 Å². The lowest BCUT2D eigenvalue weighted by molar-refractivity contribution is 0.411. The number of nitrogens with zero attached hydrogens (tertiary/aromatic N) is 3. The molecule has 1 aromatic heterocycles. The van der Waals surface area contributed by atoms with Crippen LogP contribution in [0, 0.1) is 0 Å². The Bertz CT molecular complexity index is 620. The van der Waals surface area contributed by atoms with Crippen molar-refractivity contribution in [2.45, 2.75) is 6.54 Å². The number of rotatable bonds is 7. The molecule has 1 aromatic carbocycles. The topological polar surface area (TPSA) is 89.0 Å². The van der Waals surface area contributed by atoms with Gasteiger partial charge in [-0.15, -0.1) is 0 Å². The lowest BCUT2D eigenvalue weighted by Crippen LogP contribution is -2.31. The lowest BCUT2D eigenvalue weighted by atomic mass is 10.2. The summed E-state index contributed by atoms with van der Waals surface area (Å²) in [6, 6.07) is 14.2. The number of aromatic nitrogens is 1. The van der Waals surface area contributed by atoms with E-state index >= 15 is 0 Å². The molecule has 1 unspecified atom stereocenters. The third kappa shape index (κ3) is 9.16. The van der Waals surface area contributed by atoms with Crippen molar-refractivity contribution in [2.24, 2.45) is 0 Å². The first kappa shape index (κ1) is 21.0. The molecule has 2 aromatic rings. The van der Waals surface area contributed by atoms with Crippen LogP contribution in [0.3, 0.4) is 0 Å². The predicted octanol–water partition coefficient (Wildman–Crippen LogP) is 2.00. The number of hydrogen-bond acceptors (Lipinski definition) is 6. The lowest BCUT2D eigenvalue weighted by Gasteiger charge is -2.25. The zero-order chi connectivity index (χ0) is 18.7. The molecule has 25 heavy (non-hydrogen) atoms. The molecule has 8 heteroatoms. The van der Waals surface area contributed by atoms with Crippen molar-refractivity contribution in [1.29, 1.82) is 0 Å². The Kier molecular flexibility index (Phi) is 9.71. The summed E-state index contributed by atoms with van der Waals surface area (Å²) in [6.45, 7) is 2.78. The fraction of sp³-hybridized carbons (Fsp3) is 0.353. The predicted molar refractivity (Wildman–Crippen MR) is 98.4 cm³/mol. The molecule has 138 valence electrons. The van der Waals surface area contributed by atoms with Gasteiger partial charge in [0.25, 0.3) is 0 Å². The van der Waals surface area contributed by atoms with Gasteiger partial charge < -0.3 is 23.6 Å². The van der Waals surface area contributed by atoms with E-state index in [1.807, 2.05) is 30.5 Å². The Labute approximate surface area is 151 Å². The van der Waals surface area contributed by atoms with E-state index in [9.17, 15) is 0 Å². The summed E-state index contributed by atoms with van der Waals surface area (Å²) in [7, 11) is 5.86. The SMILES string of the molecule is COc1ccc(CN(CCN(C)C)c2ccccn2)cc1.O=S([O-])O. The minimum absolute atomic E-state index is 0.842. The average molecular weight is 366 g/mol. The summed E-state index contributed by atoms with van der Waals surface area (Å²) in [6.07, 6.45) is 1.84. The van der Waals surface area contributed by atoms with Crippen molar-refractivity contribution in [2.75, 3.05) is 39.2 Å². The summed E-state index contributed by atoms with van der Waals surface area (Å²) in [4.78, 5) is 8.95. The third-order valence-electron chi connectivity index (χ3n) is 3.32. The smallest absolute Gasteiger partial charge is 0.128 e.